The van der Waals surface area contributed by atoms with E-state index in [9.17, 15) is 8.42 Å². The molecule has 5 nitrogen and oxygen atoms in total. The van der Waals surface area contributed by atoms with E-state index in [1.54, 1.807) is 15.8 Å². The molecule has 2 aliphatic rings. The van der Waals surface area contributed by atoms with Crippen molar-refractivity contribution in [3.8, 4) is 0 Å². The van der Waals surface area contributed by atoms with Crippen LogP contribution in [0.1, 0.15) is 26.2 Å². The molecule has 0 saturated carbocycles. The number of sulfonamides is 1. The average molecular weight is 315 g/mol. The van der Waals surface area contributed by atoms with Crippen LogP contribution < -0.4 is 5.73 Å². The number of nitrogen functional groups attached to an aromatic ring is 1. The second-order valence-electron chi connectivity index (χ2n) is 5.77. The summed E-state index contributed by atoms with van der Waals surface area (Å²) in [4.78, 5) is 2.45. The number of piperidine rings is 1. The van der Waals surface area contributed by atoms with Gasteiger partial charge in [0.15, 0.2) is 0 Å². The molecule has 0 amide bonds. The largest absolute Gasteiger partial charge is 0.398 e. The van der Waals surface area contributed by atoms with Gasteiger partial charge in [0, 0.05) is 36.2 Å². The number of thiophene rings is 1. The van der Waals surface area contributed by atoms with Crippen LogP contribution in [0.15, 0.2) is 15.7 Å². The van der Waals surface area contributed by atoms with Gasteiger partial charge in [-0.2, -0.15) is 4.31 Å². The maximum Gasteiger partial charge on any atom is 0.252 e. The van der Waals surface area contributed by atoms with Gasteiger partial charge in [0.1, 0.15) is 4.21 Å². The number of nitrogens with zero attached hydrogens (tertiary/aromatic N) is 2. The van der Waals surface area contributed by atoms with Gasteiger partial charge in [-0.1, -0.05) is 6.42 Å². The molecular formula is C13H21N3O2S2. The highest BCUT2D eigenvalue weighted by Crippen LogP contribution is 2.31. The lowest BCUT2D eigenvalue weighted by molar-refractivity contribution is 0.0565. The lowest BCUT2D eigenvalue weighted by Crippen LogP contribution is -2.59. The smallest absolute Gasteiger partial charge is 0.252 e. The zero-order valence-electron chi connectivity index (χ0n) is 11.7. The molecule has 2 aliphatic heterocycles. The monoisotopic (exact) mass is 315 g/mol. The molecule has 2 saturated heterocycles. The minimum absolute atomic E-state index is 0.0256. The zero-order valence-corrected chi connectivity index (χ0v) is 13.3. The summed E-state index contributed by atoms with van der Waals surface area (Å²) >= 11 is 1.21. The van der Waals surface area contributed by atoms with Gasteiger partial charge < -0.3 is 5.73 Å². The topological polar surface area (TPSA) is 66.6 Å². The third-order valence-corrected chi connectivity index (χ3v) is 7.70. The Morgan fingerprint density at radius 1 is 1.35 bits per heavy atom. The first-order chi connectivity index (χ1) is 9.48. The summed E-state index contributed by atoms with van der Waals surface area (Å²) in [6.45, 7) is 4.56. The van der Waals surface area contributed by atoms with E-state index < -0.39 is 10.0 Å². The van der Waals surface area contributed by atoms with Crippen molar-refractivity contribution in [2.45, 2.75) is 42.5 Å². The van der Waals surface area contributed by atoms with Gasteiger partial charge in [0.25, 0.3) is 10.0 Å². The van der Waals surface area contributed by atoms with Crippen LogP contribution in [-0.4, -0.2) is 49.3 Å². The number of hydrogen-bond acceptors (Lipinski definition) is 5. The summed E-state index contributed by atoms with van der Waals surface area (Å²) in [5, 5.41) is 1.69. The van der Waals surface area contributed by atoms with E-state index in [1.165, 1.54) is 24.2 Å². The summed E-state index contributed by atoms with van der Waals surface area (Å²) in [7, 11) is -3.40. The molecule has 1 aromatic heterocycles. The van der Waals surface area contributed by atoms with Crippen molar-refractivity contribution in [1.82, 2.24) is 9.21 Å². The predicted octanol–water partition coefficient (Wildman–Crippen LogP) is 1.58. The molecule has 7 heteroatoms. The standard InChI is InChI=1S/C13H21N3O2S2/c1-10-7-15-5-3-2-4-12(15)8-16(10)20(17,18)13-6-11(14)9-19-13/h6,9-10,12H,2-5,7-8,14H2,1H3. The van der Waals surface area contributed by atoms with Crippen LogP contribution in [0.3, 0.4) is 0 Å². The van der Waals surface area contributed by atoms with Crippen LogP contribution in [0.25, 0.3) is 0 Å². The highest BCUT2D eigenvalue weighted by Gasteiger charge is 2.39. The maximum absolute atomic E-state index is 12.7. The second-order valence-corrected chi connectivity index (χ2v) is 8.80. The summed E-state index contributed by atoms with van der Waals surface area (Å²) in [6, 6.07) is 1.98. The fraction of sp³-hybridized carbons (Fsp3) is 0.692. The lowest BCUT2D eigenvalue weighted by atomic mass is 9.99. The minimum Gasteiger partial charge on any atom is -0.398 e. The van der Waals surface area contributed by atoms with E-state index in [2.05, 4.69) is 4.90 Å². The molecule has 0 radical (unpaired) electrons. The third kappa shape index (κ3) is 2.47. The molecule has 2 N–H and O–H groups in total. The van der Waals surface area contributed by atoms with E-state index in [0.29, 0.717) is 22.5 Å². The first kappa shape index (κ1) is 14.3. The number of fused-ring (bicyclic) bond motifs is 1. The summed E-state index contributed by atoms with van der Waals surface area (Å²) in [6.07, 6.45) is 3.54. The van der Waals surface area contributed by atoms with E-state index in [4.69, 9.17) is 5.73 Å². The average Bonchev–Trinajstić information content (AvgIpc) is 2.85. The Hall–Kier alpha value is -0.630. The number of nitrogens with two attached hydrogens (primary N) is 1. The second kappa shape index (κ2) is 5.29. The van der Waals surface area contributed by atoms with Crippen molar-refractivity contribution in [3.63, 3.8) is 0 Å². The van der Waals surface area contributed by atoms with Crippen LogP contribution in [0.5, 0.6) is 0 Å². The molecule has 2 atom stereocenters. The van der Waals surface area contributed by atoms with E-state index >= 15 is 0 Å². The Morgan fingerprint density at radius 3 is 2.85 bits per heavy atom. The lowest BCUT2D eigenvalue weighted by Gasteiger charge is -2.46. The normalized spacial score (nSPS) is 29.2. The van der Waals surface area contributed by atoms with Crippen LogP contribution in [-0.2, 0) is 10.0 Å². The van der Waals surface area contributed by atoms with Gasteiger partial charge in [0.05, 0.1) is 0 Å². The van der Waals surface area contributed by atoms with Crippen LogP contribution in [0.4, 0.5) is 5.69 Å². The minimum atomic E-state index is -3.40. The van der Waals surface area contributed by atoms with Gasteiger partial charge in [-0.3, -0.25) is 4.90 Å². The first-order valence-corrected chi connectivity index (χ1v) is 9.40. The van der Waals surface area contributed by atoms with Crippen molar-refractivity contribution in [2.24, 2.45) is 0 Å². The predicted molar refractivity (Wildman–Crippen MR) is 81.3 cm³/mol. The van der Waals surface area contributed by atoms with Crippen LogP contribution in [0.2, 0.25) is 0 Å². The van der Waals surface area contributed by atoms with E-state index in [1.807, 2.05) is 6.92 Å². The van der Waals surface area contributed by atoms with Gasteiger partial charge >= 0.3 is 0 Å². The Labute approximate surface area is 124 Å². The van der Waals surface area contributed by atoms with Crippen molar-refractivity contribution in [2.75, 3.05) is 25.4 Å². The molecule has 0 aromatic carbocycles. The molecule has 2 unspecified atom stereocenters. The SMILES string of the molecule is CC1CN2CCCCC2CN1S(=O)(=O)c1cc(N)cs1. The zero-order chi connectivity index (χ0) is 14.3. The fourth-order valence-electron chi connectivity index (χ4n) is 3.24. The van der Waals surface area contributed by atoms with Gasteiger partial charge in [0.2, 0.25) is 0 Å². The highest BCUT2D eigenvalue weighted by atomic mass is 32.2. The Balaban J connectivity index is 1.85. The first-order valence-electron chi connectivity index (χ1n) is 7.08. The number of hydrogen-bond donors (Lipinski definition) is 1. The molecule has 0 spiro atoms. The van der Waals surface area contributed by atoms with Crippen molar-refractivity contribution >= 4 is 27.0 Å². The molecule has 3 heterocycles. The Kier molecular flexibility index (Phi) is 3.79. The fourth-order valence-corrected chi connectivity index (χ4v) is 6.11. The van der Waals surface area contributed by atoms with Crippen molar-refractivity contribution < 1.29 is 8.42 Å². The molecule has 0 aliphatic carbocycles. The van der Waals surface area contributed by atoms with Crippen LogP contribution in [0, 0.1) is 0 Å². The van der Waals surface area contributed by atoms with Crippen LogP contribution >= 0.6 is 11.3 Å². The van der Waals surface area contributed by atoms with Gasteiger partial charge in [-0.25, -0.2) is 8.42 Å². The quantitative estimate of drug-likeness (QED) is 0.900. The molecule has 2 fully saturated rings. The van der Waals surface area contributed by atoms with E-state index in [0.717, 1.165) is 19.5 Å². The number of rotatable bonds is 2. The summed E-state index contributed by atoms with van der Waals surface area (Å²) in [5.74, 6) is 0. The Bertz CT molecular complexity index is 584. The number of anilines is 1. The molecular weight excluding hydrogens is 294 g/mol. The molecule has 20 heavy (non-hydrogen) atoms. The molecule has 3 rings (SSSR count). The molecule has 1 aromatic rings. The number of piperazine rings is 1. The van der Waals surface area contributed by atoms with Crippen molar-refractivity contribution in [1.29, 1.82) is 0 Å². The summed E-state index contributed by atoms with van der Waals surface area (Å²) < 4.78 is 27.5. The molecule has 0 bridgehead atoms. The Morgan fingerprint density at radius 2 is 2.15 bits per heavy atom. The summed E-state index contributed by atoms with van der Waals surface area (Å²) in [5.41, 5.74) is 6.19. The van der Waals surface area contributed by atoms with Crippen molar-refractivity contribution in [3.05, 3.63) is 11.4 Å². The van der Waals surface area contributed by atoms with Gasteiger partial charge in [-0.05, 0) is 32.4 Å². The highest BCUT2D eigenvalue weighted by molar-refractivity contribution is 7.91. The third-order valence-electron chi connectivity index (χ3n) is 4.29. The molecule has 112 valence electrons. The maximum atomic E-state index is 12.7. The van der Waals surface area contributed by atoms with Gasteiger partial charge in [-0.15, -0.1) is 11.3 Å². The van der Waals surface area contributed by atoms with E-state index in [-0.39, 0.29) is 6.04 Å².